The second-order valence-corrected chi connectivity index (χ2v) is 4.78. The van der Waals surface area contributed by atoms with E-state index in [0.717, 1.165) is 24.8 Å². The number of aromatic nitrogens is 1. The van der Waals surface area contributed by atoms with Gasteiger partial charge in [0.1, 0.15) is 5.75 Å². The monoisotopic (exact) mass is 271 g/mol. The Morgan fingerprint density at radius 1 is 1.20 bits per heavy atom. The lowest BCUT2D eigenvalue weighted by Gasteiger charge is -2.12. The smallest absolute Gasteiger partial charge is 0.137 e. The first kappa shape index (κ1) is 14.5. The van der Waals surface area contributed by atoms with E-state index >= 15 is 0 Å². The third-order valence-electron chi connectivity index (χ3n) is 3.22. The van der Waals surface area contributed by atoms with Crippen molar-refractivity contribution < 1.29 is 9.84 Å². The van der Waals surface area contributed by atoms with Crippen molar-refractivity contribution in [2.45, 2.75) is 32.3 Å². The Morgan fingerprint density at radius 2 is 2.00 bits per heavy atom. The Labute approximate surface area is 120 Å². The highest BCUT2D eigenvalue weighted by Crippen LogP contribution is 2.22. The molecule has 0 aliphatic carbocycles. The van der Waals surface area contributed by atoms with Crippen LogP contribution in [-0.4, -0.2) is 16.7 Å². The molecular formula is C17H21NO2. The molecule has 0 spiro atoms. The van der Waals surface area contributed by atoms with Crippen LogP contribution >= 0.6 is 0 Å². The molecule has 20 heavy (non-hydrogen) atoms. The number of aliphatic hydroxyl groups excluding tert-OH is 1. The maximum absolute atomic E-state index is 10.2. The van der Waals surface area contributed by atoms with Gasteiger partial charge in [0.05, 0.1) is 18.9 Å². The van der Waals surface area contributed by atoms with Crippen LogP contribution in [0, 0.1) is 0 Å². The fraction of sp³-hybridized carbons (Fsp3) is 0.353. The maximum Gasteiger partial charge on any atom is 0.137 e. The Bertz CT molecular complexity index is 513. The molecule has 0 saturated carbocycles. The number of aliphatic hydroxyl groups is 1. The van der Waals surface area contributed by atoms with Crippen molar-refractivity contribution in [1.29, 1.82) is 0 Å². The fourth-order valence-electron chi connectivity index (χ4n) is 2.17. The van der Waals surface area contributed by atoms with E-state index in [0.29, 0.717) is 12.4 Å². The van der Waals surface area contributed by atoms with Gasteiger partial charge in [0, 0.05) is 11.8 Å². The van der Waals surface area contributed by atoms with Gasteiger partial charge in [-0.2, -0.15) is 0 Å². The number of ether oxygens (including phenoxy) is 1. The predicted molar refractivity (Wildman–Crippen MR) is 79.7 cm³/mol. The number of hydrogen-bond donors (Lipinski definition) is 1. The highest BCUT2D eigenvalue weighted by molar-refractivity contribution is 5.25. The van der Waals surface area contributed by atoms with Crippen molar-refractivity contribution in [1.82, 2.24) is 4.98 Å². The lowest BCUT2D eigenvalue weighted by atomic mass is 10.0. The van der Waals surface area contributed by atoms with Gasteiger partial charge in [0.15, 0.2) is 0 Å². The van der Waals surface area contributed by atoms with Crippen molar-refractivity contribution in [2.24, 2.45) is 0 Å². The lowest BCUT2D eigenvalue weighted by Crippen LogP contribution is -2.01. The summed E-state index contributed by atoms with van der Waals surface area (Å²) in [5.41, 5.74) is 2.13. The molecule has 3 heteroatoms. The van der Waals surface area contributed by atoms with Crippen LogP contribution in [0.4, 0.5) is 0 Å². The molecule has 1 unspecified atom stereocenters. The Balaban J connectivity index is 1.85. The number of benzene rings is 1. The molecule has 106 valence electrons. The van der Waals surface area contributed by atoms with Gasteiger partial charge >= 0.3 is 0 Å². The number of rotatable bonds is 7. The molecule has 1 atom stereocenters. The Hall–Kier alpha value is -1.87. The molecule has 1 N–H and O–H groups in total. The lowest BCUT2D eigenvalue weighted by molar-refractivity contribution is 0.163. The highest BCUT2D eigenvalue weighted by Gasteiger charge is 2.09. The van der Waals surface area contributed by atoms with Crippen molar-refractivity contribution in [3.63, 3.8) is 0 Å². The fourth-order valence-corrected chi connectivity index (χ4v) is 2.17. The molecule has 1 aromatic heterocycles. The summed E-state index contributed by atoms with van der Waals surface area (Å²) in [6.07, 6.45) is 5.55. The summed E-state index contributed by atoms with van der Waals surface area (Å²) in [6.45, 7) is 2.54. The van der Waals surface area contributed by atoms with Gasteiger partial charge in [-0.05, 0) is 37.8 Å². The van der Waals surface area contributed by atoms with Gasteiger partial charge in [0.2, 0.25) is 0 Å². The van der Waals surface area contributed by atoms with Crippen molar-refractivity contribution in [3.05, 3.63) is 59.9 Å². The van der Waals surface area contributed by atoms with Gasteiger partial charge in [0.25, 0.3) is 0 Å². The van der Waals surface area contributed by atoms with E-state index in [4.69, 9.17) is 4.74 Å². The van der Waals surface area contributed by atoms with E-state index in [1.54, 1.807) is 12.4 Å². The number of hydrogen-bond acceptors (Lipinski definition) is 3. The van der Waals surface area contributed by atoms with Crippen LogP contribution in [0.25, 0.3) is 0 Å². The predicted octanol–water partition coefficient (Wildman–Crippen LogP) is 3.54. The van der Waals surface area contributed by atoms with Crippen molar-refractivity contribution in [3.8, 4) is 5.75 Å². The minimum absolute atomic E-state index is 0.480. The quantitative estimate of drug-likeness (QED) is 0.837. The van der Waals surface area contributed by atoms with Gasteiger partial charge in [-0.15, -0.1) is 0 Å². The SMILES string of the molecule is CCOc1cncc(C(O)CCCc2ccccc2)c1. The van der Waals surface area contributed by atoms with E-state index in [1.807, 2.05) is 31.2 Å². The van der Waals surface area contributed by atoms with Crippen LogP contribution in [0.3, 0.4) is 0 Å². The summed E-state index contributed by atoms with van der Waals surface area (Å²) >= 11 is 0. The first-order chi connectivity index (χ1) is 9.79. The van der Waals surface area contributed by atoms with E-state index in [1.165, 1.54) is 5.56 Å². The molecule has 0 bridgehead atoms. The largest absolute Gasteiger partial charge is 0.492 e. The van der Waals surface area contributed by atoms with Crippen LogP contribution in [0.15, 0.2) is 48.8 Å². The second-order valence-electron chi connectivity index (χ2n) is 4.78. The molecule has 0 radical (unpaired) electrons. The van der Waals surface area contributed by atoms with E-state index < -0.39 is 6.10 Å². The summed E-state index contributed by atoms with van der Waals surface area (Å²) in [7, 11) is 0. The minimum Gasteiger partial charge on any atom is -0.492 e. The second kappa shape index (κ2) is 7.65. The summed E-state index contributed by atoms with van der Waals surface area (Å²) in [5, 5.41) is 10.2. The van der Waals surface area contributed by atoms with Gasteiger partial charge in [-0.1, -0.05) is 30.3 Å². The van der Waals surface area contributed by atoms with E-state index in [2.05, 4.69) is 17.1 Å². The maximum atomic E-state index is 10.2. The zero-order valence-corrected chi connectivity index (χ0v) is 11.8. The van der Waals surface area contributed by atoms with Crippen LogP contribution < -0.4 is 4.74 Å². The normalized spacial score (nSPS) is 12.1. The molecule has 2 aromatic rings. The summed E-state index contributed by atoms with van der Waals surface area (Å²) in [4.78, 5) is 4.11. The molecule has 0 aliphatic rings. The molecule has 1 aromatic carbocycles. The number of nitrogens with zero attached hydrogens (tertiary/aromatic N) is 1. The molecule has 0 saturated heterocycles. The number of aryl methyl sites for hydroxylation is 1. The Morgan fingerprint density at radius 3 is 2.75 bits per heavy atom. The molecule has 3 nitrogen and oxygen atoms in total. The van der Waals surface area contributed by atoms with E-state index in [-0.39, 0.29) is 0 Å². The first-order valence-corrected chi connectivity index (χ1v) is 7.09. The highest BCUT2D eigenvalue weighted by atomic mass is 16.5. The number of pyridine rings is 1. The van der Waals surface area contributed by atoms with Gasteiger partial charge in [-0.25, -0.2) is 0 Å². The molecule has 0 fully saturated rings. The van der Waals surface area contributed by atoms with Crippen LogP contribution in [0.1, 0.15) is 37.0 Å². The van der Waals surface area contributed by atoms with Crippen LogP contribution in [0.5, 0.6) is 5.75 Å². The zero-order valence-electron chi connectivity index (χ0n) is 11.8. The third kappa shape index (κ3) is 4.35. The molecule has 2 rings (SSSR count). The van der Waals surface area contributed by atoms with Crippen molar-refractivity contribution >= 4 is 0 Å². The first-order valence-electron chi connectivity index (χ1n) is 7.09. The standard InChI is InChI=1S/C17H21NO2/c1-2-20-16-11-15(12-18-13-16)17(19)10-6-9-14-7-4-3-5-8-14/h3-5,7-8,11-13,17,19H,2,6,9-10H2,1H3. The summed E-state index contributed by atoms with van der Waals surface area (Å²) < 4.78 is 5.40. The van der Waals surface area contributed by atoms with Crippen LogP contribution in [0.2, 0.25) is 0 Å². The van der Waals surface area contributed by atoms with Crippen LogP contribution in [-0.2, 0) is 6.42 Å². The van der Waals surface area contributed by atoms with E-state index in [9.17, 15) is 5.11 Å². The molecule has 0 aliphatic heterocycles. The zero-order chi connectivity index (χ0) is 14.2. The average Bonchev–Trinajstić information content (AvgIpc) is 2.49. The third-order valence-corrected chi connectivity index (χ3v) is 3.22. The summed E-state index contributed by atoms with van der Waals surface area (Å²) in [6, 6.07) is 12.2. The van der Waals surface area contributed by atoms with Gasteiger partial charge in [-0.3, -0.25) is 4.98 Å². The topological polar surface area (TPSA) is 42.4 Å². The Kier molecular flexibility index (Phi) is 5.56. The van der Waals surface area contributed by atoms with Gasteiger partial charge < -0.3 is 9.84 Å². The average molecular weight is 271 g/mol. The van der Waals surface area contributed by atoms with Crippen molar-refractivity contribution in [2.75, 3.05) is 6.61 Å². The molecule has 0 amide bonds. The minimum atomic E-state index is -0.480. The molecular weight excluding hydrogens is 250 g/mol. The molecule has 1 heterocycles. The summed E-state index contributed by atoms with van der Waals surface area (Å²) in [5.74, 6) is 0.715.